The van der Waals surface area contributed by atoms with Crippen LogP contribution >= 0.6 is 12.2 Å². The maximum absolute atomic E-state index is 12.9. The molecule has 4 rings (SSSR count). The number of piperidine rings is 1. The Morgan fingerprint density at radius 3 is 2.92 bits per heavy atom. The maximum Gasteiger partial charge on any atom is 0.253 e. The minimum Gasteiger partial charge on any atom is -0.338 e. The van der Waals surface area contributed by atoms with Gasteiger partial charge in [-0.15, -0.1) is 0 Å². The van der Waals surface area contributed by atoms with Gasteiger partial charge in [-0.3, -0.25) is 9.89 Å². The summed E-state index contributed by atoms with van der Waals surface area (Å²) in [5.41, 5.74) is 3.58. The molecule has 2 aromatic rings. The number of hydrogen-bond acceptors (Lipinski definition) is 3. The van der Waals surface area contributed by atoms with Gasteiger partial charge in [-0.2, -0.15) is 5.10 Å². The average Bonchev–Trinajstić information content (AvgIpc) is 3.21. The molecule has 0 spiro atoms. The van der Waals surface area contributed by atoms with Crippen molar-refractivity contribution in [2.24, 2.45) is 7.05 Å². The van der Waals surface area contributed by atoms with Crippen LogP contribution in [0.15, 0.2) is 18.2 Å². The minimum atomic E-state index is 0.145. The molecule has 1 N–H and O–H groups in total. The van der Waals surface area contributed by atoms with E-state index in [1.54, 1.807) is 0 Å². The quantitative estimate of drug-likeness (QED) is 0.854. The lowest BCUT2D eigenvalue weighted by Gasteiger charge is -2.32. The van der Waals surface area contributed by atoms with Gasteiger partial charge in [-0.1, -0.05) is 6.07 Å². The summed E-state index contributed by atoms with van der Waals surface area (Å²) in [6.45, 7) is 1.53. The van der Waals surface area contributed by atoms with Crippen LogP contribution in [0.5, 0.6) is 0 Å². The van der Waals surface area contributed by atoms with Gasteiger partial charge >= 0.3 is 0 Å². The van der Waals surface area contributed by atoms with Crippen LogP contribution < -0.4 is 0 Å². The molecule has 2 aliphatic rings. The highest BCUT2D eigenvalue weighted by atomic mass is 32.1. The number of hydrogen-bond donors (Lipinski definition) is 1. The number of aromatic amines is 1. The van der Waals surface area contributed by atoms with E-state index in [0.717, 1.165) is 43.6 Å². The Labute approximate surface area is 146 Å². The zero-order valence-corrected chi connectivity index (χ0v) is 14.7. The molecule has 6 heteroatoms. The Morgan fingerprint density at radius 1 is 1.29 bits per heavy atom. The van der Waals surface area contributed by atoms with E-state index < -0.39 is 0 Å². The topological polar surface area (TPSA) is 53.9 Å². The first-order valence-electron chi connectivity index (χ1n) is 8.66. The van der Waals surface area contributed by atoms with Crippen molar-refractivity contribution in [1.29, 1.82) is 0 Å². The standard InChI is InChI=1S/C18H22N4OS/c1-21-16(19-20-18(21)24)15-6-3-9-22(11-15)17(23)14-8-7-12-4-2-5-13(12)10-14/h7-8,10,15H,2-6,9,11H2,1H3,(H,20,24). The molecule has 5 nitrogen and oxygen atoms in total. The normalized spacial score (nSPS) is 20.2. The molecule has 24 heavy (non-hydrogen) atoms. The molecule has 1 saturated heterocycles. The second-order valence-electron chi connectivity index (χ2n) is 6.87. The maximum atomic E-state index is 12.9. The number of fused-ring (bicyclic) bond motifs is 1. The molecule has 1 atom stereocenters. The van der Waals surface area contributed by atoms with Gasteiger partial charge in [0.1, 0.15) is 5.82 Å². The number of aryl methyl sites for hydroxylation is 2. The Hall–Kier alpha value is -1.95. The van der Waals surface area contributed by atoms with Crippen molar-refractivity contribution in [1.82, 2.24) is 19.7 Å². The van der Waals surface area contributed by atoms with E-state index in [4.69, 9.17) is 12.2 Å². The number of H-pyrrole nitrogens is 1. The van der Waals surface area contributed by atoms with Gasteiger partial charge in [0, 0.05) is 31.6 Å². The zero-order valence-electron chi connectivity index (χ0n) is 13.9. The molecule has 1 amide bonds. The summed E-state index contributed by atoms with van der Waals surface area (Å²) < 4.78 is 2.55. The molecular formula is C18H22N4OS. The lowest BCUT2D eigenvalue weighted by molar-refractivity contribution is 0.0703. The number of carbonyl (C=O) groups is 1. The first-order valence-corrected chi connectivity index (χ1v) is 9.06. The highest BCUT2D eigenvalue weighted by molar-refractivity contribution is 7.71. The van der Waals surface area contributed by atoms with Gasteiger partial charge in [0.05, 0.1) is 0 Å². The third-order valence-electron chi connectivity index (χ3n) is 5.33. The van der Waals surface area contributed by atoms with Crippen LogP contribution in [0.25, 0.3) is 0 Å². The summed E-state index contributed by atoms with van der Waals surface area (Å²) in [5.74, 6) is 1.34. The molecule has 1 aliphatic carbocycles. The number of aromatic nitrogens is 3. The molecule has 0 saturated carbocycles. The zero-order chi connectivity index (χ0) is 16.7. The SMILES string of the molecule is Cn1c(C2CCCN(C(=O)c3ccc4c(c3)CCC4)C2)n[nH]c1=S. The van der Waals surface area contributed by atoms with Crippen LogP contribution in [0.1, 0.15) is 52.5 Å². The number of amides is 1. The number of nitrogens with zero attached hydrogens (tertiary/aromatic N) is 3. The average molecular weight is 342 g/mol. The predicted molar refractivity (Wildman–Crippen MR) is 94.7 cm³/mol. The second kappa shape index (κ2) is 6.16. The largest absolute Gasteiger partial charge is 0.338 e. The lowest BCUT2D eigenvalue weighted by Crippen LogP contribution is -2.39. The summed E-state index contributed by atoms with van der Waals surface area (Å²) in [6, 6.07) is 6.23. The molecule has 1 unspecified atom stereocenters. The van der Waals surface area contributed by atoms with E-state index in [1.165, 1.54) is 17.5 Å². The lowest BCUT2D eigenvalue weighted by atomic mass is 9.96. The fraction of sp³-hybridized carbons (Fsp3) is 0.500. The molecular weight excluding hydrogens is 320 g/mol. The highest BCUT2D eigenvalue weighted by Crippen LogP contribution is 2.28. The molecule has 1 aliphatic heterocycles. The third-order valence-corrected chi connectivity index (χ3v) is 5.70. The van der Waals surface area contributed by atoms with Crippen molar-refractivity contribution < 1.29 is 4.79 Å². The van der Waals surface area contributed by atoms with Crippen molar-refractivity contribution in [2.75, 3.05) is 13.1 Å². The molecule has 0 radical (unpaired) electrons. The first-order chi connectivity index (χ1) is 11.6. The van der Waals surface area contributed by atoms with E-state index in [2.05, 4.69) is 22.3 Å². The second-order valence-corrected chi connectivity index (χ2v) is 7.26. The van der Waals surface area contributed by atoms with Crippen molar-refractivity contribution >= 4 is 18.1 Å². The smallest absolute Gasteiger partial charge is 0.253 e. The molecule has 1 aromatic heterocycles. The van der Waals surface area contributed by atoms with E-state index in [-0.39, 0.29) is 11.8 Å². The molecule has 0 bridgehead atoms. The van der Waals surface area contributed by atoms with E-state index in [1.807, 2.05) is 22.6 Å². The van der Waals surface area contributed by atoms with Gasteiger partial charge in [0.15, 0.2) is 4.77 Å². The predicted octanol–water partition coefficient (Wildman–Crippen LogP) is 2.99. The van der Waals surface area contributed by atoms with Crippen molar-refractivity contribution in [2.45, 2.75) is 38.0 Å². The fourth-order valence-electron chi connectivity index (χ4n) is 3.98. The van der Waals surface area contributed by atoms with Crippen molar-refractivity contribution in [3.8, 4) is 0 Å². The van der Waals surface area contributed by atoms with E-state index >= 15 is 0 Å². The summed E-state index contributed by atoms with van der Waals surface area (Å²) in [7, 11) is 1.93. The number of carbonyl (C=O) groups excluding carboxylic acids is 1. The summed E-state index contributed by atoms with van der Waals surface area (Å²) >= 11 is 5.21. The fourth-order valence-corrected chi connectivity index (χ4v) is 4.12. The monoisotopic (exact) mass is 342 g/mol. The molecule has 1 aromatic carbocycles. The van der Waals surface area contributed by atoms with Crippen LogP contribution in [0.4, 0.5) is 0 Å². The number of benzene rings is 1. The minimum absolute atomic E-state index is 0.145. The Bertz CT molecular complexity index is 838. The molecule has 2 heterocycles. The van der Waals surface area contributed by atoms with Gasteiger partial charge in [-0.25, -0.2) is 0 Å². The third kappa shape index (κ3) is 2.69. The number of likely N-dealkylation sites (tertiary alicyclic amines) is 1. The summed E-state index contributed by atoms with van der Waals surface area (Å²) in [6.07, 6.45) is 5.50. The number of rotatable bonds is 2. The first kappa shape index (κ1) is 15.6. The van der Waals surface area contributed by atoms with Gasteiger partial charge in [0.2, 0.25) is 0 Å². The van der Waals surface area contributed by atoms with Crippen LogP contribution in [0, 0.1) is 4.77 Å². The van der Waals surface area contributed by atoms with E-state index in [0.29, 0.717) is 11.3 Å². The van der Waals surface area contributed by atoms with Gasteiger partial charge in [0.25, 0.3) is 5.91 Å². The van der Waals surface area contributed by atoms with Crippen LogP contribution in [-0.2, 0) is 19.9 Å². The molecule has 1 fully saturated rings. The highest BCUT2D eigenvalue weighted by Gasteiger charge is 2.28. The Kier molecular flexibility index (Phi) is 4.00. The van der Waals surface area contributed by atoms with Crippen molar-refractivity contribution in [3.05, 3.63) is 45.5 Å². The van der Waals surface area contributed by atoms with Gasteiger partial charge < -0.3 is 9.47 Å². The van der Waals surface area contributed by atoms with E-state index in [9.17, 15) is 4.79 Å². The Balaban J connectivity index is 1.54. The Morgan fingerprint density at radius 2 is 2.12 bits per heavy atom. The number of nitrogens with one attached hydrogen (secondary N) is 1. The van der Waals surface area contributed by atoms with Gasteiger partial charge in [-0.05, 0) is 67.6 Å². The van der Waals surface area contributed by atoms with Crippen LogP contribution in [0.2, 0.25) is 0 Å². The van der Waals surface area contributed by atoms with Crippen molar-refractivity contribution in [3.63, 3.8) is 0 Å². The van der Waals surface area contributed by atoms with Crippen LogP contribution in [0.3, 0.4) is 0 Å². The summed E-state index contributed by atoms with van der Waals surface area (Å²) in [4.78, 5) is 14.9. The van der Waals surface area contributed by atoms with Crippen LogP contribution in [-0.4, -0.2) is 38.7 Å². The summed E-state index contributed by atoms with van der Waals surface area (Å²) in [5, 5.41) is 7.21. The molecule has 126 valence electrons.